The highest BCUT2D eigenvalue weighted by atomic mass is 79.9. The van der Waals surface area contributed by atoms with Crippen molar-refractivity contribution in [3.05, 3.63) is 58.1 Å². The fourth-order valence-corrected chi connectivity index (χ4v) is 2.21. The fraction of sp³-hybridized carbons (Fsp3) is 0.167. The van der Waals surface area contributed by atoms with Crippen LogP contribution in [0, 0.1) is 12.3 Å². The molecule has 0 aliphatic rings. The van der Waals surface area contributed by atoms with Crippen molar-refractivity contribution in [2.24, 2.45) is 4.99 Å². The van der Waals surface area contributed by atoms with Crippen LogP contribution < -0.4 is 4.74 Å². The lowest BCUT2D eigenvalue weighted by Gasteiger charge is -2.06. The van der Waals surface area contributed by atoms with Crippen molar-refractivity contribution in [2.45, 2.75) is 13.3 Å². The van der Waals surface area contributed by atoms with Gasteiger partial charge in [-0.25, -0.2) is 0 Å². The van der Waals surface area contributed by atoms with Gasteiger partial charge in [0.05, 0.1) is 5.69 Å². The number of terminal acetylenes is 1. The molecule has 0 aromatic heterocycles. The van der Waals surface area contributed by atoms with Crippen LogP contribution in [0.4, 0.5) is 5.69 Å². The maximum absolute atomic E-state index is 5.52. The number of hydrogen-bond acceptors (Lipinski definition) is 2. The smallest absolute Gasteiger partial charge is 0.148 e. The summed E-state index contributed by atoms with van der Waals surface area (Å²) in [4.78, 5) is 4.48. The number of ether oxygens (including phenoxy) is 1. The summed E-state index contributed by atoms with van der Waals surface area (Å²) in [5.41, 5.74) is 3.10. The number of rotatable bonds is 5. The minimum Gasteiger partial charge on any atom is -0.480 e. The second-order valence-electron chi connectivity index (χ2n) is 4.45. The molecule has 0 radical (unpaired) electrons. The lowest BCUT2D eigenvalue weighted by atomic mass is 10.1. The van der Waals surface area contributed by atoms with Crippen LogP contribution in [-0.4, -0.2) is 12.8 Å². The molecule has 0 spiro atoms. The normalized spacial score (nSPS) is 10.5. The van der Waals surface area contributed by atoms with E-state index in [1.54, 1.807) is 6.21 Å². The molecule has 0 bridgehead atoms. The molecule has 106 valence electrons. The van der Waals surface area contributed by atoms with Crippen molar-refractivity contribution >= 4 is 27.8 Å². The molecule has 0 fully saturated rings. The average molecular weight is 342 g/mol. The third-order valence-electron chi connectivity index (χ3n) is 2.98. The van der Waals surface area contributed by atoms with Crippen molar-refractivity contribution in [3.63, 3.8) is 0 Å². The Morgan fingerprint density at radius 3 is 2.67 bits per heavy atom. The first-order valence-electron chi connectivity index (χ1n) is 6.71. The molecule has 0 amide bonds. The van der Waals surface area contributed by atoms with E-state index >= 15 is 0 Å². The molecule has 0 atom stereocenters. The van der Waals surface area contributed by atoms with Crippen molar-refractivity contribution in [1.29, 1.82) is 0 Å². The van der Waals surface area contributed by atoms with Crippen LogP contribution in [0.5, 0.6) is 5.75 Å². The number of halogens is 1. The van der Waals surface area contributed by atoms with Gasteiger partial charge in [-0.05, 0) is 42.3 Å². The van der Waals surface area contributed by atoms with Crippen LogP contribution in [0.15, 0.2) is 51.9 Å². The standard InChI is InChI=1S/C18H16BrNO/c1-3-11-21-18-10-7-16(19)12-15(18)13-20-17-8-5-14(4-2)6-9-17/h1,5-10,12-13H,4,11H2,2H3. The Balaban J connectivity index is 2.22. The molecule has 2 nitrogen and oxygen atoms in total. The van der Waals surface area contributed by atoms with Gasteiger partial charge in [0.2, 0.25) is 0 Å². The summed E-state index contributed by atoms with van der Waals surface area (Å²) in [6.07, 6.45) is 8.05. The van der Waals surface area contributed by atoms with E-state index in [9.17, 15) is 0 Å². The van der Waals surface area contributed by atoms with E-state index in [1.165, 1.54) is 5.56 Å². The SMILES string of the molecule is C#CCOc1ccc(Br)cc1C=Nc1ccc(CC)cc1. The fourth-order valence-electron chi connectivity index (χ4n) is 1.83. The number of hydrogen-bond donors (Lipinski definition) is 0. The van der Waals surface area contributed by atoms with Crippen molar-refractivity contribution < 1.29 is 4.74 Å². The Bertz CT molecular complexity index is 669. The average Bonchev–Trinajstić information content (AvgIpc) is 2.52. The Hall–Kier alpha value is -2.05. The van der Waals surface area contributed by atoms with Gasteiger partial charge in [0.25, 0.3) is 0 Å². The first kappa shape index (κ1) is 15.3. The van der Waals surface area contributed by atoms with Crippen LogP contribution in [0.25, 0.3) is 0 Å². The van der Waals surface area contributed by atoms with Crippen LogP contribution in [0.2, 0.25) is 0 Å². The Morgan fingerprint density at radius 1 is 1.24 bits per heavy atom. The number of nitrogens with zero attached hydrogens (tertiary/aromatic N) is 1. The summed E-state index contributed by atoms with van der Waals surface area (Å²) in [5, 5.41) is 0. The predicted molar refractivity (Wildman–Crippen MR) is 91.5 cm³/mol. The van der Waals surface area contributed by atoms with E-state index in [0.29, 0.717) is 0 Å². The quantitative estimate of drug-likeness (QED) is 0.566. The molecule has 3 heteroatoms. The molecule has 0 heterocycles. The van der Waals surface area contributed by atoms with Crippen LogP contribution in [0.3, 0.4) is 0 Å². The van der Waals surface area contributed by atoms with E-state index in [-0.39, 0.29) is 6.61 Å². The second kappa shape index (κ2) is 7.66. The van der Waals surface area contributed by atoms with Crippen LogP contribution in [-0.2, 0) is 6.42 Å². The predicted octanol–water partition coefficient (Wildman–Crippen LogP) is 4.77. The van der Waals surface area contributed by atoms with E-state index in [4.69, 9.17) is 11.2 Å². The van der Waals surface area contributed by atoms with Gasteiger partial charge in [-0.2, -0.15) is 0 Å². The zero-order chi connectivity index (χ0) is 15.1. The molecule has 0 saturated heterocycles. The Kier molecular flexibility index (Phi) is 5.59. The molecular formula is C18H16BrNO. The van der Waals surface area contributed by atoms with Crippen molar-refractivity contribution in [2.75, 3.05) is 6.61 Å². The highest BCUT2D eigenvalue weighted by molar-refractivity contribution is 9.10. The summed E-state index contributed by atoms with van der Waals surface area (Å²) in [5.74, 6) is 3.19. The third-order valence-corrected chi connectivity index (χ3v) is 3.47. The highest BCUT2D eigenvalue weighted by Gasteiger charge is 2.02. The van der Waals surface area contributed by atoms with Crippen LogP contribution in [0.1, 0.15) is 18.1 Å². The Labute approximate surface area is 134 Å². The van der Waals surface area contributed by atoms with Gasteiger partial charge >= 0.3 is 0 Å². The molecule has 2 rings (SSSR count). The maximum Gasteiger partial charge on any atom is 0.148 e. The van der Waals surface area contributed by atoms with Gasteiger partial charge in [-0.1, -0.05) is 40.9 Å². The largest absolute Gasteiger partial charge is 0.480 e. The van der Waals surface area contributed by atoms with E-state index < -0.39 is 0 Å². The molecule has 0 aliphatic heterocycles. The topological polar surface area (TPSA) is 21.6 Å². The van der Waals surface area contributed by atoms with Gasteiger partial charge in [-0.15, -0.1) is 6.42 Å². The summed E-state index contributed by atoms with van der Waals surface area (Å²) in [6, 6.07) is 13.9. The zero-order valence-corrected chi connectivity index (χ0v) is 13.4. The molecular weight excluding hydrogens is 326 g/mol. The molecule has 0 saturated carbocycles. The van der Waals surface area contributed by atoms with E-state index in [2.05, 4.69) is 45.9 Å². The van der Waals surface area contributed by atoms with Gasteiger partial charge in [0, 0.05) is 16.3 Å². The summed E-state index contributed by atoms with van der Waals surface area (Å²) in [6.45, 7) is 2.38. The minimum atomic E-state index is 0.244. The van der Waals surface area contributed by atoms with Crippen LogP contribution >= 0.6 is 15.9 Å². The number of aryl methyl sites for hydroxylation is 1. The van der Waals surface area contributed by atoms with Gasteiger partial charge < -0.3 is 4.74 Å². The zero-order valence-electron chi connectivity index (χ0n) is 11.8. The van der Waals surface area contributed by atoms with Gasteiger partial charge in [0.1, 0.15) is 12.4 Å². The lowest BCUT2D eigenvalue weighted by molar-refractivity contribution is 0.370. The van der Waals surface area contributed by atoms with Crippen molar-refractivity contribution in [3.8, 4) is 18.1 Å². The lowest BCUT2D eigenvalue weighted by Crippen LogP contribution is -1.97. The highest BCUT2D eigenvalue weighted by Crippen LogP contribution is 2.23. The molecule has 2 aromatic rings. The van der Waals surface area contributed by atoms with Gasteiger partial charge in [0.15, 0.2) is 0 Å². The second-order valence-corrected chi connectivity index (χ2v) is 5.37. The summed E-state index contributed by atoms with van der Waals surface area (Å²) < 4.78 is 6.49. The monoisotopic (exact) mass is 341 g/mol. The Morgan fingerprint density at radius 2 is 2.00 bits per heavy atom. The number of benzene rings is 2. The third kappa shape index (κ3) is 4.47. The summed E-state index contributed by atoms with van der Waals surface area (Å²) in [7, 11) is 0. The molecule has 0 aliphatic carbocycles. The van der Waals surface area contributed by atoms with E-state index in [1.807, 2.05) is 30.3 Å². The molecule has 21 heavy (non-hydrogen) atoms. The first-order chi connectivity index (χ1) is 10.2. The van der Waals surface area contributed by atoms with E-state index in [0.717, 1.165) is 27.9 Å². The minimum absolute atomic E-state index is 0.244. The first-order valence-corrected chi connectivity index (χ1v) is 7.51. The molecule has 2 aromatic carbocycles. The maximum atomic E-state index is 5.52. The van der Waals surface area contributed by atoms with Crippen molar-refractivity contribution in [1.82, 2.24) is 0 Å². The molecule has 0 unspecified atom stereocenters. The van der Waals surface area contributed by atoms with Gasteiger partial charge in [-0.3, -0.25) is 4.99 Å². The number of aliphatic imine (C=N–C) groups is 1. The summed E-state index contributed by atoms with van der Waals surface area (Å²) >= 11 is 3.45. The molecule has 0 N–H and O–H groups in total.